The molecule has 0 aliphatic carbocycles. The number of unbranched alkanes of at least 4 members (excludes halogenated alkanes) is 1. The van der Waals surface area contributed by atoms with Crippen LogP contribution in [0.15, 0.2) is 60.7 Å². The van der Waals surface area contributed by atoms with Gasteiger partial charge < -0.3 is 25.2 Å². The van der Waals surface area contributed by atoms with E-state index >= 15 is 0 Å². The molecular weight excluding hydrogens is 464 g/mol. The highest BCUT2D eigenvalue weighted by Crippen LogP contribution is 2.09. The lowest BCUT2D eigenvalue weighted by molar-refractivity contribution is 0.108. The number of aliphatic hydroxyl groups excluding tert-OH is 1. The summed E-state index contributed by atoms with van der Waals surface area (Å²) >= 11 is 3.24. The molecule has 0 saturated heterocycles. The van der Waals surface area contributed by atoms with Crippen LogP contribution in [-0.4, -0.2) is 41.3 Å². The summed E-state index contributed by atoms with van der Waals surface area (Å²) in [5.74, 6) is 0. The number of amides is 2. The van der Waals surface area contributed by atoms with Crippen molar-refractivity contribution in [3.8, 4) is 0 Å². The molecular formula is C23H29BrN2O5. The van der Waals surface area contributed by atoms with Crippen LogP contribution in [0.2, 0.25) is 0 Å². The van der Waals surface area contributed by atoms with Gasteiger partial charge in [-0.15, -0.1) is 0 Å². The van der Waals surface area contributed by atoms with Crippen molar-refractivity contribution >= 4 is 28.1 Å². The van der Waals surface area contributed by atoms with Crippen molar-refractivity contribution < 1.29 is 24.2 Å². The molecule has 0 radical (unpaired) electrons. The van der Waals surface area contributed by atoms with E-state index in [1.165, 1.54) is 0 Å². The fourth-order valence-corrected chi connectivity index (χ4v) is 3.29. The second-order valence-electron chi connectivity index (χ2n) is 7.02. The molecule has 0 aliphatic rings. The number of ether oxygens (including phenoxy) is 2. The van der Waals surface area contributed by atoms with Gasteiger partial charge in [0, 0.05) is 11.9 Å². The number of carbonyl (C=O) groups excluding carboxylic acids is 2. The lowest BCUT2D eigenvalue weighted by atomic mass is 10.1. The van der Waals surface area contributed by atoms with E-state index in [9.17, 15) is 14.7 Å². The summed E-state index contributed by atoms with van der Waals surface area (Å²) in [6, 6.07) is 18.4. The Morgan fingerprint density at radius 3 is 1.97 bits per heavy atom. The maximum Gasteiger partial charge on any atom is 0.407 e. The fraction of sp³-hybridized carbons (Fsp3) is 0.391. The van der Waals surface area contributed by atoms with E-state index in [1.807, 2.05) is 60.7 Å². The van der Waals surface area contributed by atoms with Crippen molar-refractivity contribution in [2.24, 2.45) is 0 Å². The van der Waals surface area contributed by atoms with Gasteiger partial charge in [-0.25, -0.2) is 9.59 Å². The number of halogens is 1. The van der Waals surface area contributed by atoms with Gasteiger partial charge in [0.2, 0.25) is 0 Å². The van der Waals surface area contributed by atoms with E-state index < -0.39 is 24.3 Å². The highest BCUT2D eigenvalue weighted by molar-refractivity contribution is 9.09. The minimum absolute atomic E-state index is 0.165. The van der Waals surface area contributed by atoms with Gasteiger partial charge in [0.25, 0.3) is 0 Å². The first-order chi connectivity index (χ1) is 15.1. The average molecular weight is 493 g/mol. The fourth-order valence-electron chi connectivity index (χ4n) is 2.84. The number of alkyl carbamates (subject to hydrolysis) is 2. The Balaban J connectivity index is 1.63. The Bertz CT molecular complexity index is 776. The van der Waals surface area contributed by atoms with Crippen molar-refractivity contribution in [2.45, 2.75) is 44.6 Å². The number of rotatable bonds is 12. The van der Waals surface area contributed by atoms with Gasteiger partial charge >= 0.3 is 12.2 Å². The Kier molecular flexibility index (Phi) is 11.5. The van der Waals surface area contributed by atoms with Crippen LogP contribution in [0.3, 0.4) is 0 Å². The predicted molar refractivity (Wildman–Crippen MR) is 122 cm³/mol. The van der Waals surface area contributed by atoms with Crippen LogP contribution in [0.1, 0.15) is 30.4 Å². The third kappa shape index (κ3) is 10.3. The third-order valence-corrected chi connectivity index (χ3v) is 5.23. The van der Waals surface area contributed by atoms with Gasteiger partial charge in [-0.2, -0.15) is 0 Å². The SMILES string of the molecule is O=C(NCCCC[C@H](NC(=O)OCc1ccccc1)[C@H](O)CBr)OCc1ccccc1. The first kappa shape index (κ1) is 24.7. The van der Waals surface area contributed by atoms with Crippen molar-refractivity contribution in [1.82, 2.24) is 10.6 Å². The van der Waals surface area contributed by atoms with Crippen LogP contribution >= 0.6 is 15.9 Å². The highest BCUT2D eigenvalue weighted by atomic mass is 79.9. The highest BCUT2D eigenvalue weighted by Gasteiger charge is 2.20. The van der Waals surface area contributed by atoms with E-state index in [0.717, 1.165) is 11.1 Å². The summed E-state index contributed by atoms with van der Waals surface area (Å²) in [5.41, 5.74) is 1.81. The maximum absolute atomic E-state index is 12.1. The summed E-state index contributed by atoms with van der Waals surface area (Å²) < 4.78 is 10.4. The Hall–Kier alpha value is -2.58. The smallest absolute Gasteiger partial charge is 0.407 e. The van der Waals surface area contributed by atoms with Gasteiger partial charge in [-0.3, -0.25) is 0 Å². The zero-order valence-corrected chi connectivity index (χ0v) is 18.9. The summed E-state index contributed by atoms with van der Waals surface area (Å²) in [7, 11) is 0. The molecule has 3 N–H and O–H groups in total. The summed E-state index contributed by atoms with van der Waals surface area (Å²) in [6.07, 6.45) is 0.154. The largest absolute Gasteiger partial charge is 0.445 e. The van der Waals surface area contributed by atoms with Gasteiger partial charge in [0.15, 0.2) is 0 Å². The molecule has 0 fully saturated rings. The normalized spacial score (nSPS) is 12.5. The van der Waals surface area contributed by atoms with Crippen molar-refractivity contribution in [1.29, 1.82) is 0 Å². The van der Waals surface area contributed by atoms with Crippen LogP contribution in [0.5, 0.6) is 0 Å². The van der Waals surface area contributed by atoms with Crippen molar-refractivity contribution in [3.05, 3.63) is 71.8 Å². The number of benzene rings is 2. The molecule has 7 nitrogen and oxygen atoms in total. The number of hydrogen-bond donors (Lipinski definition) is 3. The molecule has 8 heteroatoms. The van der Waals surface area contributed by atoms with Crippen LogP contribution in [0.25, 0.3) is 0 Å². The first-order valence-corrected chi connectivity index (χ1v) is 11.4. The number of aliphatic hydroxyl groups is 1. The Labute approximate surface area is 191 Å². The van der Waals surface area contributed by atoms with Crippen LogP contribution in [0.4, 0.5) is 9.59 Å². The summed E-state index contributed by atoms with van der Waals surface area (Å²) in [6.45, 7) is 0.837. The second kappa shape index (κ2) is 14.4. The molecule has 0 saturated carbocycles. The third-order valence-electron chi connectivity index (χ3n) is 4.56. The second-order valence-corrected chi connectivity index (χ2v) is 7.67. The molecule has 2 aromatic carbocycles. The molecule has 0 bridgehead atoms. The molecule has 2 rings (SSSR count). The van der Waals surface area contributed by atoms with E-state index in [0.29, 0.717) is 31.1 Å². The van der Waals surface area contributed by atoms with Crippen molar-refractivity contribution in [3.63, 3.8) is 0 Å². The van der Waals surface area contributed by atoms with Gasteiger partial charge in [0.1, 0.15) is 13.2 Å². The molecule has 0 spiro atoms. The zero-order chi connectivity index (χ0) is 22.3. The number of carbonyl (C=O) groups is 2. The lowest BCUT2D eigenvalue weighted by Crippen LogP contribution is -2.44. The number of nitrogens with one attached hydrogen (secondary N) is 2. The van der Waals surface area contributed by atoms with Crippen LogP contribution in [0, 0.1) is 0 Å². The summed E-state index contributed by atoms with van der Waals surface area (Å²) in [4.78, 5) is 23.8. The van der Waals surface area contributed by atoms with E-state index in [-0.39, 0.29) is 13.2 Å². The molecule has 168 valence electrons. The molecule has 2 aromatic rings. The molecule has 0 heterocycles. The standard InChI is InChI=1S/C23H29BrN2O5/c24-15-21(27)20(26-23(29)31-17-19-11-5-2-6-12-19)13-7-8-14-25-22(28)30-16-18-9-3-1-4-10-18/h1-6,9-12,20-21,27H,7-8,13-17H2,(H,25,28)(H,26,29)/t20-,21+/m0/s1. The zero-order valence-electron chi connectivity index (χ0n) is 17.3. The number of hydrogen-bond acceptors (Lipinski definition) is 5. The topological polar surface area (TPSA) is 96.9 Å². The average Bonchev–Trinajstić information content (AvgIpc) is 2.81. The van der Waals surface area contributed by atoms with E-state index in [4.69, 9.17) is 9.47 Å². The Morgan fingerprint density at radius 1 is 0.871 bits per heavy atom. The lowest BCUT2D eigenvalue weighted by Gasteiger charge is -2.22. The molecule has 0 aromatic heterocycles. The predicted octanol–water partition coefficient (Wildman–Crippen LogP) is 4.13. The Morgan fingerprint density at radius 2 is 1.42 bits per heavy atom. The van der Waals surface area contributed by atoms with Gasteiger partial charge in [-0.1, -0.05) is 76.6 Å². The van der Waals surface area contributed by atoms with Crippen LogP contribution in [-0.2, 0) is 22.7 Å². The first-order valence-electron chi connectivity index (χ1n) is 10.2. The van der Waals surface area contributed by atoms with Gasteiger partial charge in [-0.05, 0) is 30.4 Å². The number of alkyl halides is 1. The molecule has 2 atom stereocenters. The van der Waals surface area contributed by atoms with Crippen LogP contribution < -0.4 is 10.6 Å². The quantitative estimate of drug-likeness (QED) is 0.305. The molecule has 31 heavy (non-hydrogen) atoms. The van der Waals surface area contributed by atoms with Gasteiger partial charge in [0.05, 0.1) is 12.1 Å². The molecule has 2 amide bonds. The summed E-state index contributed by atoms with van der Waals surface area (Å²) in [5, 5.41) is 15.9. The molecule has 0 aliphatic heterocycles. The minimum Gasteiger partial charge on any atom is -0.445 e. The monoisotopic (exact) mass is 492 g/mol. The van der Waals surface area contributed by atoms with E-state index in [2.05, 4.69) is 26.6 Å². The maximum atomic E-state index is 12.1. The van der Waals surface area contributed by atoms with Crippen molar-refractivity contribution in [2.75, 3.05) is 11.9 Å². The van der Waals surface area contributed by atoms with E-state index in [1.54, 1.807) is 0 Å². The molecule has 0 unspecified atom stereocenters. The minimum atomic E-state index is -0.743.